The molecule has 4 heteroatoms. The van der Waals surface area contributed by atoms with Gasteiger partial charge in [-0.3, -0.25) is 4.79 Å². The maximum absolute atomic E-state index is 11.1. The van der Waals surface area contributed by atoms with E-state index < -0.39 is 5.60 Å². The highest BCUT2D eigenvalue weighted by Crippen LogP contribution is 2.05. The molecule has 11 heavy (non-hydrogen) atoms. The van der Waals surface area contributed by atoms with Gasteiger partial charge in [-0.2, -0.15) is 5.26 Å². The summed E-state index contributed by atoms with van der Waals surface area (Å²) in [5, 5.41) is 10.5. The number of rotatable bonds is 3. The van der Waals surface area contributed by atoms with Gasteiger partial charge in [0.05, 0.1) is 6.07 Å². The average Bonchev–Trinajstić information content (AvgIpc) is 2.00. The first-order chi connectivity index (χ1) is 5.04. The van der Waals surface area contributed by atoms with Crippen LogP contribution in [0.1, 0.15) is 13.8 Å². The van der Waals surface area contributed by atoms with Crippen molar-refractivity contribution in [3.8, 4) is 6.07 Å². The molecule has 0 aliphatic heterocycles. The van der Waals surface area contributed by atoms with E-state index in [1.807, 2.05) is 6.07 Å². The molecule has 0 heterocycles. The number of nitriles is 1. The van der Waals surface area contributed by atoms with E-state index in [-0.39, 0.29) is 12.5 Å². The molecule has 0 atom stereocenters. The normalized spacial score (nSPS) is 10.4. The number of carbonyl (C=O) groups is 1. The van der Waals surface area contributed by atoms with E-state index in [0.29, 0.717) is 0 Å². The highest BCUT2D eigenvalue weighted by atomic mass is 16.5. The van der Waals surface area contributed by atoms with Gasteiger partial charge in [-0.05, 0) is 13.8 Å². The molecule has 0 aromatic carbocycles. The van der Waals surface area contributed by atoms with Crippen molar-refractivity contribution in [1.82, 2.24) is 5.32 Å². The number of methoxy groups -OCH3 is 1. The molecular formula is C7H12N2O2. The zero-order valence-electron chi connectivity index (χ0n) is 6.97. The number of nitrogens with zero attached hydrogens (tertiary/aromatic N) is 1. The lowest BCUT2D eigenvalue weighted by atomic mass is 10.1. The monoisotopic (exact) mass is 156 g/mol. The number of amides is 1. The molecule has 0 fully saturated rings. The Morgan fingerprint density at radius 3 is 2.64 bits per heavy atom. The summed E-state index contributed by atoms with van der Waals surface area (Å²) in [5.74, 6) is -0.276. The third-order valence-corrected chi connectivity index (χ3v) is 1.39. The Morgan fingerprint density at radius 1 is 1.73 bits per heavy atom. The third kappa shape index (κ3) is 3.01. The Kier molecular flexibility index (Phi) is 3.55. The average molecular weight is 156 g/mol. The number of nitrogens with one attached hydrogen (secondary N) is 1. The van der Waals surface area contributed by atoms with Gasteiger partial charge in [0, 0.05) is 7.11 Å². The first-order valence-corrected chi connectivity index (χ1v) is 3.25. The summed E-state index contributed by atoms with van der Waals surface area (Å²) in [6.45, 7) is 3.30. The maximum Gasteiger partial charge on any atom is 0.252 e. The van der Waals surface area contributed by atoms with Gasteiger partial charge in [0.1, 0.15) is 12.1 Å². The van der Waals surface area contributed by atoms with Crippen LogP contribution in [0.4, 0.5) is 0 Å². The topological polar surface area (TPSA) is 62.1 Å². The van der Waals surface area contributed by atoms with Crippen LogP contribution in [0.25, 0.3) is 0 Å². The van der Waals surface area contributed by atoms with Gasteiger partial charge in [-0.15, -0.1) is 0 Å². The molecule has 0 aromatic rings. The molecule has 0 spiro atoms. The molecule has 0 rings (SSSR count). The van der Waals surface area contributed by atoms with Crippen LogP contribution in [0.5, 0.6) is 0 Å². The van der Waals surface area contributed by atoms with Crippen molar-refractivity contribution in [1.29, 1.82) is 5.26 Å². The lowest BCUT2D eigenvalue weighted by Gasteiger charge is -2.20. The largest absolute Gasteiger partial charge is 0.369 e. The van der Waals surface area contributed by atoms with Gasteiger partial charge in [0.15, 0.2) is 0 Å². The SMILES string of the molecule is COC(C)(C)C(=O)NCC#N. The molecule has 0 aliphatic carbocycles. The van der Waals surface area contributed by atoms with E-state index in [1.165, 1.54) is 7.11 Å². The predicted molar refractivity (Wildman–Crippen MR) is 39.7 cm³/mol. The first-order valence-electron chi connectivity index (χ1n) is 3.25. The van der Waals surface area contributed by atoms with E-state index in [2.05, 4.69) is 5.32 Å². The summed E-state index contributed by atoms with van der Waals surface area (Å²) in [4.78, 5) is 11.1. The standard InChI is InChI=1S/C7H12N2O2/c1-7(2,11-3)6(10)9-5-4-8/h5H2,1-3H3,(H,9,10). The van der Waals surface area contributed by atoms with Crippen molar-refractivity contribution in [2.24, 2.45) is 0 Å². The Morgan fingerprint density at radius 2 is 2.27 bits per heavy atom. The van der Waals surface area contributed by atoms with Gasteiger partial charge in [0.2, 0.25) is 0 Å². The maximum atomic E-state index is 11.1. The molecular weight excluding hydrogens is 144 g/mol. The molecule has 0 unspecified atom stereocenters. The summed E-state index contributed by atoms with van der Waals surface area (Å²) in [6.07, 6.45) is 0. The van der Waals surface area contributed by atoms with Crippen LogP contribution in [-0.4, -0.2) is 25.2 Å². The molecule has 1 N–H and O–H groups in total. The molecule has 0 aliphatic rings. The zero-order chi connectivity index (χ0) is 8.91. The third-order valence-electron chi connectivity index (χ3n) is 1.39. The lowest BCUT2D eigenvalue weighted by molar-refractivity contribution is -0.139. The summed E-state index contributed by atoms with van der Waals surface area (Å²) in [5.41, 5.74) is -0.850. The fourth-order valence-electron chi connectivity index (χ4n) is 0.425. The molecule has 1 amide bonds. The molecule has 0 saturated carbocycles. The van der Waals surface area contributed by atoms with Crippen LogP contribution in [0, 0.1) is 11.3 Å². The van der Waals surface area contributed by atoms with Crippen molar-refractivity contribution >= 4 is 5.91 Å². The van der Waals surface area contributed by atoms with Gasteiger partial charge >= 0.3 is 0 Å². The minimum atomic E-state index is -0.850. The second-order valence-corrected chi connectivity index (χ2v) is 2.56. The van der Waals surface area contributed by atoms with E-state index >= 15 is 0 Å². The summed E-state index contributed by atoms with van der Waals surface area (Å²) >= 11 is 0. The van der Waals surface area contributed by atoms with Crippen LogP contribution in [0.3, 0.4) is 0 Å². The Balaban J connectivity index is 3.94. The van der Waals surface area contributed by atoms with Crippen molar-refractivity contribution in [2.45, 2.75) is 19.4 Å². The molecule has 0 bridgehead atoms. The van der Waals surface area contributed by atoms with Gasteiger partial charge < -0.3 is 10.1 Å². The lowest BCUT2D eigenvalue weighted by Crippen LogP contribution is -2.43. The quantitative estimate of drug-likeness (QED) is 0.587. The fraction of sp³-hybridized carbons (Fsp3) is 0.714. The Bertz CT molecular complexity index is 181. The molecule has 62 valence electrons. The number of ether oxygens (including phenoxy) is 1. The van der Waals surface area contributed by atoms with Crippen molar-refractivity contribution in [2.75, 3.05) is 13.7 Å². The second-order valence-electron chi connectivity index (χ2n) is 2.56. The van der Waals surface area contributed by atoms with Crippen molar-refractivity contribution in [3.05, 3.63) is 0 Å². The van der Waals surface area contributed by atoms with Gasteiger partial charge in [-0.25, -0.2) is 0 Å². The van der Waals surface area contributed by atoms with Crippen LogP contribution in [0.15, 0.2) is 0 Å². The summed E-state index contributed by atoms with van der Waals surface area (Å²) in [7, 11) is 1.45. The van der Waals surface area contributed by atoms with Crippen molar-refractivity contribution < 1.29 is 9.53 Å². The fourth-order valence-corrected chi connectivity index (χ4v) is 0.425. The van der Waals surface area contributed by atoms with Crippen molar-refractivity contribution in [3.63, 3.8) is 0 Å². The molecule has 0 aromatic heterocycles. The number of hydrogen-bond acceptors (Lipinski definition) is 3. The molecule has 4 nitrogen and oxygen atoms in total. The summed E-state index contributed by atoms with van der Waals surface area (Å²) in [6, 6.07) is 1.81. The van der Waals surface area contributed by atoms with Crippen LogP contribution >= 0.6 is 0 Å². The van der Waals surface area contributed by atoms with Crippen LogP contribution in [-0.2, 0) is 9.53 Å². The minimum Gasteiger partial charge on any atom is -0.369 e. The molecule has 0 saturated heterocycles. The van der Waals surface area contributed by atoms with E-state index in [1.54, 1.807) is 13.8 Å². The highest BCUT2D eigenvalue weighted by Gasteiger charge is 2.25. The smallest absolute Gasteiger partial charge is 0.252 e. The van der Waals surface area contributed by atoms with E-state index in [0.717, 1.165) is 0 Å². The predicted octanol–water partition coefficient (Wildman–Crippen LogP) is 0.0512. The summed E-state index contributed by atoms with van der Waals surface area (Å²) < 4.78 is 4.88. The van der Waals surface area contributed by atoms with Crippen LogP contribution in [0.2, 0.25) is 0 Å². The highest BCUT2D eigenvalue weighted by molar-refractivity contribution is 5.84. The number of hydrogen-bond donors (Lipinski definition) is 1. The Hall–Kier alpha value is -1.08. The minimum absolute atomic E-state index is 0.0195. The zero-order valence-corrected chi connectivity index (χ0v) is 6.97. The van der Waals surface area contributed by atoms with E-state index in [9.17, 15) is 4.79 Å². The van der Waals surface area contributed by atoms with Crippen LogP contribution < -0.4 is 5.32 Å². The Labute approximate surface area is 66.1 Å². The van der Waals surface area contributed by atoms with Gasteiger partial charge in [-0.1, -0.05) is 0 Å². The second kappa shape index (κ2) is 3.94. The van der Waals surface area contributed by atoms with Gasteiger partial charge in [0.25, 0.3) is 5.91 Å². The molecule has 0 radical (unpaired) electrons. The first kappa shape index (κ1) is 9.92. The number of carbonyl (C=O) groups excluding carboxylic acids is 1. The van der Waals surface area contributed by atoms with E-state index in [4.69, 9.17) is 10.00 Å².